The van der Waals surface area contributed by atoms with Gasteiger partial charge in [0.1, 0.15) is 5.82 Å². The van der Waals surface area contributed by atoms with E-state index in [4.69, 9.17) is 9.47 Å². The van der Waals surface area contributed by atoms with Crippen LogP contribution in [0.2, 0.25) is 0 Å². The summed E-state index contributed by atoms with van der Waals surface area (Å²) in [6.07, 6.45) is 0. The number of halogens is 1. The maximum Gasteiger partial charge on any atom is 0.255 e. The molecule has 0 heterocycles. The molecule has 0 unspecified atom stereocenters. The Hall–Kier alpha value is -2.28. The largest absolute Gasteiger partial charge is 0.382 e. The summed E-state index contributed by atoms with van der Waals surface area (Å²) in [5.74, 6) is -0.682. The maximum atomic E-state index is 13.9. The molecule has 0 bridgehead atoms. The molecule has 0 spiro atoms. The maximum absolute atomic E-state index is 13.9. The molecule has 0 saturated carbocycles. The number of hydrogen-bond acceptors (Lipinski definition) is 4. The molecule has 0 fully saturated rings. The van der Waals surface area contributed by atoms with Crippen LogP contribution in [0.25, 0.3) is 0 Å². The van der Waals surface area contributed by atoms with Crippen molar-refractivity contribution in [2.45, 2.75) is 20.1 Å². The first-order valence-electron chi connectivity index (χ1n) is 8.60. The number of ether oxygens (including phenoxy) is 2. The van der Waals surface area contributed by atoms with Crippen LogP contribution in [-0.2, 0) is 22.6 Å². The number of carbonyl (C=O) groups excluding carboxylic acids is 1. The Bertz CT molecular complexity index is 722. The topological polar surface area (TPSA) is 59.6 Å². The highest BCUT2D eigenvalue weighted by molar-refractivity contribution is 6.04. The third kappa shape index (κ3) is 5.91. The van der Waals surface area contributed by atoms with E-state index < -0.39 is 5.82 Å². The predicted molar refractivity (Wildman–Crippen MR) is 99.7 cm³/mol. The van der Waals surface area contributed by atoms with Crippen molar-refractivity contribution in [2.75, 3.05) is 32.2 Å². The molecule has 2 N–H and O–H groups in total. The lowest BCUT2D eigenvalue weighted by Crippen LogP contribution is -2.17. The van der Waals surface area contributed by atoms with Gasteiger partial charge < -0.3 is 20.1 Å². The van der Waals surface area contributed by atoms with E-state index in [0.717, 1.165) is 17.8 Å². The number of hydrogen-bond donors (Lipinski definition) is 2. The number of methoxy groups -OCH3 is 1. The molecule has 0 radical (unpaired) electrons. The number of nitrogens with one attached hydrogen (secondary N) is 2. The monoisotopic (exact) mass is 360 g/mol. The van der Waals surface area contributed by atoms with Crippen molar-refractivity contribution in [3.63, 3.8) is 0 Å². The van der Waals surface area contributed by atoms with E-state index in [9.17, 15) is 9.18 Å². The molecule has 0 atom stereocenters. The third-order valence-corrected chi connectivity index (χ3v) is 3.83. The lowest BCUT2D eigenvalue weighted by atomic mass is 10.1. The average molecular weight is 360 g/mol. The first kappa shape index (κ1) is 20.0. The van der Waals surface area contributed by atoms with Crippen LogP contribution in [0, 0.1) is 5.82 Å². The molecule has 2 aromatic rings. The van der Waals surface area contributed by atoms with Crippen molar-refractivity contribution >= 4 is 11.6 Å². The van der Waals surface area contributed by atoms with E-state index in [1.165, 1.54) is 18.2 Å². The van der Waals surface area contributed by atoms with Crippen molar-refractivity contribution in [3.8, 4) is 0 Å². The van der Waals surface area contributed by atoms with Crippen molar-refractivity contribution in [2.24, 2.45) is 0 Å². The number of amides is 1. The van der Waals surface area contributed by atoms with Crippen LogP contribution in [0.4, 0.5) is 10.1 Å². The predicted octanol–water partition coefficient (Wildman–Crippen LogP) is 3.35. The van der Waals surface area contributed by atoms with E-state index in [0.29, 0.717) is 30.9 Å². The van der Waals surface area contributed by atoms with Gasteiger partial charge in [0, 0.05) is 30.5 Å². The van der Waals surface area contributed by atoms with Gasteiger partial charge in [0.2, 0.25) is 0 Å². The Labute approximate surface area is 153 Å². The van der Waals surface area contributed by atoms with Crippen LogP contribution in [0.5, 0.6) is 0 Å². The van der Waals surface area contributed by atoms with Gasteiger partial charge in [0.15, 0.2) is 0 Å². The number of rotatable bonds is 10. The van der Waals surface area contributed by atoms with Crippen LogP contribution < -0.4 is 10.6 Å². The lowest BCUT2D eigenvalue weighted by molar-refractivity contribution is 0.0604. The second-order valence-electron chi connectivity index (χ2n) is 5.74. The fraction of sp³-hybridized carbons (Fsp3) is 0.350. The number of para-hydroxylation sites is 1. The van der Waals surface area contributed by atoms with Crippen molar-refractivity contribution in [1.82, 2.24) is 5.32 Å². The zero-order valence-corrected chi connectivity index (χ0v) is 15.2. The van der Waals surface area contributed by atoms with Gasteiger partial charge in [0.05, 0.1) is 19.8 Å². The summed E-state index contributed by atoms with van der Waals surface area (Å²) < 4.78 is 24.2. The van der Waals surface area contributed by atoms with Crippen LogP contribution in [-0.4, -0.2) is 32.8 Å². The van der Waals surface area contributed by atoms with Crippen molar-refractivity contribution < 1.29 is 18.7 Å². The molecule has 2 rings (SSSR count). The standard InChI is InChI=1S/C20H25FN2O3/c1-3-22-13-16-6-4-5-7-19(16)23-20(24)15-8-9-18(21)17(12-15)14-26-11-10-25-2/h4-9,12,22H,3,10-11,13-14H2,1-2H3,(H,23,24). The minimum absolute atomic E-state index is 0.0906. The molecule has 1 amide bonds. The number of carbonyl (C=O) groups is 1. The van der Waals surface area contributed by atoms with Crippen LogP contribution >= 0.6 is 0 Å². The number of anilines is 1. The molecule has 0 aliphatic carbocycles. The Morgan fingerprint density at radius 1 is 1.12 bits per heavy atom. The summed E-state index contributed by atoms with van der Waals surface area (Å²) >= 11 is 0. The van der Waals surface area contributed by atoms with E-state index in [-0.39, 0.29) is 12.5 Å². The van der Waals surface area contributed by atoms with Gasteiger partial charge in [-0.05, 0) is 36.4 Å². The summed E-state index contributed by atoms with van der Waals surface area (Å²) in [4.78, 5) is 12.6. The fourth-order valence-corrected chi connectivity index (χ4v) is 2.40. The van der Waals surface area contributed by atoms with E-state index in [2.05, 4.69) is 10.6 Å². The molecule has 2 aromatic carbocycles. The summed E-state index contributed by atoms with van der Waals surface area (Å²) in [7, 11) is 1.57. The summed E-state index contributed by atoms with van der Waals surface area (Å²) in [5, 5.41) is 6.14. The normalized spacial score (nSPS) is 10.7. The Morgan fingerprint density at radius 3 is 2.69 bits per heavy atom. The van der Waals surface area contributed by atoms with Gasteiger partial charge >= 0.3 is 0 Å². The van der Waals surface area contributed by atoms with E-state index in [1.54, 1.807) is 7.11 Å². The van der Waals surface area contributed by atoms with Gasteiger partial charge in [-0.25, -0.2) is 4.39 Å². The Kier molecular flexibility index (Phi) is 8.21. The molecule has 140 valence electrons. The van der Waals surface area contributed by atoms with Crippen molar-refractivity contribution in [1.29, 1.82) is 0 Å². The second kappa shape index (κ2) is 10.7. The van der Waals surface area contributed by atoms with Gasteiger partial charge in [-0.2, -0.15) is 0 Å². The van der Waals surface area contributed by atoms with E-state index >= 15 is 0 Å². The molecular weight excluding hydrogens is 335 g/mol. The molecule has 6 heteroatoms. The van der Waals surface area contributed by atoms with Crippen LogP contribution in [0.3, 0.4) is 0 Å². The third-order valence-electron chi connectivity index (χ3n) is 3.83. The van der Waals surface area contributed by atoms with Crippen LogP contribution in [0.1, 0.15) is 28.4 Å². The molecule has 0 aromatic heterocycles. The zero-order chi connectivity index (χ0) is 18.8. The van der Waals surface area contributed by atoms with Gasteiger partial charge in [-0.1, -0.05) is 25.1 Å². The Morgan fingerprint density at radius 2 is 1.92 bits per heavy atom. The van der Waals surface area contributed by atoms with Gasteiger partial charge in [0.25, 0.3) is 5.91 Å². The summed E-state index contributed by atoms with van der Waals surface area (Å²) in [6, 6.07) is 11.9. The Balaban J connectivity index is 2.08. The zero-order valence-electron chi connectivity index (χ0n) is 15.2. The van der Waals surface area contributed by atoms with Gasteiger partial charge in [-0.3, -0.25) is 4.79 Å². The SMILES string of the molecule is CCNCc1ccccc1NC(=O)c1ccc(F)c(COCCOC)c1. The highest BCUT2D eigenvalue weighted by Gasteiger charge is 2.12. The smallest absolute Gasteiger partial charge is 0.255 e. The second-order valence-corrected chi connectivity index (χ2v) is 5.74. The quantitative estimate of drug-likeness (QED) is 0.638. The first-order valence-corrected chi connectivity index (χ1v) is 8.60. The lowest BCUT2D eigenvalue weighted by Gasteiger charge is -2.12. The minimum Gasteiger partial charge on any atom is -0.382 e. The molecule has 0 saturated heterocycles. The molecule has 0 aliphatic heterocycles. The average Bonchev–Trinajstić information content (AvgIpc) is 2.65. The molecule has 26 heavy (non-hydrogen) atoms. The minimum atomic E-state index is -0.397. The van der Waals surface area contributed by atoms with Gasteiger partial charge in [-0.15, -0.1) is 0 Å². The van der Waals surface area contributed by atoms with Crippen molar-refractivity contribution in [3.05, 3.63) is 65.0 Å². The fourth-order valence-electron chi connectivity index (χ4n) is 2.40. The van der Waals surface area contributed by atoms with Crippen LogP contribution in [0.15, 0.2) is 42.5 Å². The highest BCUT2D eigenvalue weighted by atomic mass is 19.1. The summed E-state index contributed by atoms with van der Waals surface area (Å²) in [5.41, 5.74) is 2.46. The summed E-state index contributed by atoms with van der Waals surface area (Å²) in [6.45, 7) is 4.42. The molecule has 5 nitrogen and oxygen atoms in total. The number of benzene rings is 2. The molecular formula is C20H25FN2O3. The van der Waals surface area contributed by atoms with E-state index in [1.807, 2.05) is 31.2 Å². The highest BCUT2D eigenvalue weighted by Crippen LogP contribution is 2.18. The first-order chi connectivity index (χ1) is 12.7. The molecule has 0 aliphatic rings.